The van der Waals surface area contributed by atoms with Crippen molar-refractivity contribution in [1.29, 1.82) is 0 Å². The summed E-state index contributed by atoms with van der Waals surface area (Å²) in [4.78, 5) is 2.49. The molecule has 0 bridgehead atoms. The van der Waals surface area contributed by atoms with Gasteiger partial charge in [0, 0.05) is 33.8 Å². The lowest BCUT2D eigenvalue weighted by Crippen LogP contribution is -2.70. The van der Waals surface area contributed by atoms with E-state index in [1.54, 1.807) is 0 Å². The monoisotopic (exact) mass is 609 g/mol. The molecule has 4 atom stereocenters. The zero-order valence-corrected chi connectivity index (χ0v) is 28.0. The number of fused-ring (bicyclic) bond motifs is 6. The lowest BCUT2D eigenvalue weighted by molar-refractivity contribution is 0.0459. The van der Waals surface area contributed by atoms with Crippen LogP contribution in [0.15, 0.2) is 109 Å². The molecule has 236 valence electrons. The number of benzene rings is 4. The number of allylic oxidation sites excluding steroid dienone is 2. The largest absolute Gasteiger partial charge is 0.314 e. The molecule has 1 aromatic heterocycles. The maximum atomic E-state index is 3.94. The van der Waals surface area contributed by atoms with Crippen molar-refractivity contribution in [2.24, 2.45) is 10.8 Å². The molecule has 1 fully saturated rings. The van der Waals surface area contributed by atoms with Gasteiger partial charge in [-0.1, -0.05) is 108 Å². The van der Waals surface area contributed by atoms with Crippen LogP contribution < -0.4 is 20.9 Å². The second-order valence-electron chi connectivity index (χ2n) is 15.7. The molecule has 5 aromatic rings. The van der Waals surface area contributed by atoms with Gasteiger partial charge in [0.1, 0.15) is 6.29 Å². The van der Waals surface area contributed by atoms with Gasteiger partial charge in [-0.3, -0.25) is 16.0 Å². The fraction of sp³-hybridized carbons (Fsp3) is 0.366. The summed E-state index contributed by atoms with van der Waals surface area (Å²) in [6.07, 6.45) is 4.96. The van der Waals surface area contributed by atoms with Crippen LogP contribution in [0.1, 0.15) is 83.6 Å². The highest BCUT2D eigenvalue weighted by atomic mass is 15.5. The van der Waals surface area contributed by atoms with Crippen LogP contribution in [0, 0.1) is 10.8 Å². The summed E-state index contributed by atoms with van der Waals surface area (Å²) in [5.41, 5.74) is 9.54. The summed E-state index contributed by atoms with van der Waals surface area (Å²) in [7, 11) is 0. The highest BCUT2D eigenvalue weighted by molar-refractivity contribution is 6.08. The Morgan fingerprint density at radius 3 is 2.04 bits per heavy atom. The quantitative estimate of drug-likeness (QED) is 0.191. The van der Waals surface area contributed by atoms with Crippen molar-refractivity contribution in [1.82, 2.24) is 20.5 Å². The number of para-hydroxylation sites is 3. The molecule has 1 aliphatic carbocycles. The van der Waals surface area contributed by atoms with E-state index in [9.17, 15) is 0 Å². The molecule has 2 aliphatic heterocycles. The average Bonchev–Trinajstić information content (AvgIpc) is 3.56. The van der Waals surface area contributed by atoms with Crippen molar-refractivity contribution in [3.63, 3.8) is 0 Å². The molecule has 3 heterocycles. The maximum absolute atomic E-state index is 3.94. The van der Waals surface area contributed by atoms with Gasteiger partial charge in [0.05, 0.1) is 23.4 Å². The van der Waals surface area contributed by atoms with Crippen LogP contribution in [0.2, 0.25) is 0 Å². The highest BCUT2D eigenvalue weighted by Gasteiger charge is 2.41. The fourth-order valence-electron chi connectivity index (χ4n) is 8.03. The van der Waals surface area contributed by atoms with Gasteiger partial charge in [-0.25, -0.2) is 0 Å². The van der Waals surface area contributed by atoms with Crippen molar-refractivity contribution >= 4 is 33.2 Å². The normalized spacial score (nSPS) is 25.0. The van der Waals surface area contributed by atoms with Crippen LogP contribution in [-0.4, -0.2) is 16.9 Å². The van der Waals surface area contributed by atoms with E-state index in [1.165, 1.54) is 50.0 Å². The van der Waals surface area contributed by atoms with E-state index in [0.29, 0.717) is 11.8 Å². The minimum atomic E-state index is -0.0397. The number of anilines is 2. The summed E-state index contributed by atoms with van der Waals surface area (Å²) in [5.74, 6) is 0.869. The molecule has 8 rings (SSSR count). The molecular formula is C41H47N5. The first-order valence-electron chi connectivity index (χ1n) is 17.0. The Kier molecular flexibility index (Phi) is 6.95. The van der Waals surface area contributed by atoms with Crippen LogP contribution in [0.5, 0.6) is 0 Å². The molecule has 5 heteroatoms. The Morgan fingerprint density at radius 1 is 0.652 bits per heavy atom. The van der Waals surface area contributed by atoms with Gasteiger partial charge in [0.15, 0.2) is 0 Å². The number of aromatic nitrogens is 1. The summed E-state index contributed by atoms with van der Waals surface area (Å²) < 4.78 is 2.50. The van der Waals surface area contributed by atoms with Gasteiger partial charge in [-0.2, -0.15) is 0 Å². The Morgan fingerprint density at radius 2 is 1.30 bits per heavy atom. The smallest absolute Gasteiger partial charge is 0.141 e. The van der Waals surface area contributed by atoms with Gasteiger partial charge < -0.3 is 9.47 Å². The molecule has 46 heavy (non-hydrogen) atoms. The van der Waals surface area contributed by atoms with Gasteiger partial charge in [0.25, 0.3) is 0 Å². The maximum Gasteiger partial charge on any atom is 0.141 e. The van der Waals surface area contributed by atoms with Crippen LogP contribution >= 0.6 is 0 Å². The molecule has 3 aliphatic rings. The van der Waals surface area contributed by atoms with Crippen molar-refractivity contribution in [2.45, 2.75) is 84.8 Å². The van der Waals surface area contributed by atoms with Crippen molar-refractivity contribution < 1.29 is 0 Å². The third-order valence-corrected chi connectivity index (χ3v) is 10.5. The summed E-state index contributed by atoms with van der Waals surface area (Å²) in [6, 6.07) is 36.1. The Balaban J connectivity index is 1.18. The fourth-order valence-corrected chi connectivity index (χ4v) is 8.03. The first kappa shape index (κ1) is 29.5. The van der Waals surface area contributed by atoms with E-state index >= 15 is 0 Å². The van der Waals surface area contributed by atoms with E-state index in [2.05, 4.69) is 170 Å². The third-order valence-electron chi connectivity index (χ3n) is 10.5. The third kappa shape index (κ3) is 4.88. The molecule has 0 saturated carbocycles. The predicted octanol–water partition coefficient (Wildman–Crippen LogP) is 9.47. The van der Waals surface area contributed by atoms with Gasteiger partial charge in [0.2, 0.25) is 0 Å². The molecule has 5 nitrogen and oxygen atoms in total. The second-order valence-corrected chi connectivity index (χ2v) is 15.7. The average molecular weight is 610 g/mol. The van der Waals surface area contributed by atoms with E-state index in [0.717, 1.165) is 12.8 Å². The van der Waals surface area contributed by atoms with Crippen molar-refractivity contribution in [2.75, 3.05) is 4.90 Å². The lowest BCUT2D eigenvalue weighted by Gasteiger charge is -2.48. The molecule has 0 radical (unpaired) electrons. The van der Waals surface area contributed by atoms with Gasteiger partial charge >= 0.3 is 0 Å². The molecular weight excluding hydrogens is 562 g/mol. The highest BCUT2D eigenvalue weighted by Crippen LogP contribution is 2.54. The standard InChI is InChI=1S/C41H47N5/c1-40(2,3)37-42-38(41(4,5)6)44-39(43-37)46-34-19-13-11-17-30(34)32-25-27(21-23-36(32)46)26-20-22-35-31(24-26)29-16-10-12-18-33(29)45(35)28-14-8-7-9-15-28/h7-19,21-23,25-26,31,37-39,42-44H,20,24H2,1-6H3. The summed E-state index contributed by atoms with van der Waals surface area (Å²) in [5, 5.41) is 14.4. The zero-order chi connectivity index (χ0) is 31.8. The number of hydrogen-bond donors (Lipinski definition) is 3. The van der Waals surface area contributed by atoms with E-state index in [4.69, 9.17) is 0 Å². The van der Waals surface area contributed by atoms with Crippen molar-refractivity contribution in [3.05, 3.63) is 120 Å². The van der Waals surface area contributed by atoms with Gasteiger partial charge in [-0.15, -0.1) is 0 Å². The van der Waals surface area contributed by atoms with Crippen LogP contribution in [0.4, 0.5) is 11.4 Å². The minimum Gasteiger partial charge on any atom is -0.314 e. The molecule has 0 amide bonds. The number of nitrogens with zero attached hydrogens (tertiary/aromatic N) is 2. The molecule has 0 spiro atoms. The number of rotatable bonds is 3. The van der Waals surface area contributed by atoms with E-state index < -0.39 is 0 Å². The predicted molar refractivity (Wildman–Crippen MR) is 192 cm³/mol. The molecule has 3 N–H and O–H groups in total. The molecule has 4 unspecified atom stereocenters. The second kappa shape index (κ2) is 10.8. The minimum absolute atomic E-state index is 0.0397. The van der Waals surface area contributed by atoms with Crippen LogP contribution in [0.3, 0.4) is 0 Å². The van der Waals surface area contributed by atoms with Crippen molar-refractivity contribution in [3.8, 4) is 0 Å². The Hall–Kier alpha value is -3.90. The topological polar surface area (TPSA) is 44.3 Å². The van der Waals surface area contributed by atoms with Crippen LogP contribution in [0.25, 0.3) is 21.8 Å². The first-order chi connectivity index (χ1) is 22.1. The zero-order valence-electron chi connectivity index (χ0n) is 28.0. The molecule has 4 aromatic carbocycles. The Bertz CT molecular complexity index is 1920. The lowest BCUT2D eigenvalue weighted by atomic mass is 9.78. The van der Waals surface area contributed by atoms with E-state index in [1.807, 2.05) is 0 Å². The van der Waals surface area contributed by atoms with Crippen LogP contribution in [-0.2, 0) is 0 Å². The number of hydrogen-bond acceptors (Lipinski definition) is 4. The SMILES string of the molecule is CC(C)(C)C1NC(n2c3ccccc3c3cc(C4CC=C5C(C4)c4ccccc4N5c4ccccc4)ccc32)NC(C(C)(C)C)N1. The first-order valence-corrected chi connectivity index (χ1v) is 17.0. The van der Waals surface area contributed by atoms with Gasteiger partial charge in [-0.05, 0) is 77.1 Å². The summed E-state index contributed by atoms with van der Waals surface area (Å²) >= 11 is 0. The summed E-state index contributed by atoms with van der Waals surface area (Å²) in [6.45, 7) is 13.9. The molecule has 1 saturated heterocycles. The Labute approximate surface area is 273 Å². The number of nitrogens with one attached hydrogen (secondary N) is 3. The van der Waals surface area contributed by atoms with E-state index in [-0.39, 0.29) is 29.5 Å².